The monoisotopic (exact) mass is 166 g/mol. The molecular weight excluding hydrogens is 163 g/mol. The third-order valence-electron chi connectivity index (χ3n) is 0.467. The van der Waals surface area contributed by atoms with Gasteiger partial charge in [-0.25, -0.2) is 8.78 Å². The van der Waals surface area contributed by atoms with E-state index in [1.165, 1.54) is 0 Å². The van der Waals surface area contributed by atoms with Gasteiger partial charge in [-0.1, -0.05) is 0 Å². The fraction of sp³-hybridized carbons (Fsp3) is 1.00. The van der Waals surface area contributed by atoms with Gasteiger partial charge in [-0.05, 0) is 11.6 Å². The molecule has 56 valence electrons. The summed E-state index contributed by atoms with van der Waals surface area (Å²) in [7, 11) is 0. The molecule has 0 amide bonds. The van der Waals surface area contributed by atoms with E-state index < -0.39 is 18.6 Å². The van der Waals surface area contributed by atoms with Gasteiger partial charge < -0.3 is 4.74 Å². The molecule has 0 aliphatic rings. The van der Waals surface area contributed by atoms with E-state index in [1.807, 2.05) is 0 Å². The summed E-state index contributed by atoms with van der Waals surface area (Å²) < 4.78 is 48.5. The Kier molecular flexibility index (Phi) is 3.21. The molecule has 6 heteroatoms. The summed E-state index contributed by atoms with van der Waals surface area (Å²) in [6, 6.07) is 0. The van der Waals surface area contributed by atoms with Crippen LogP contribution in [-0.4, -0.2) is 18.6 Å². The van der Waals surface area contributed by atoms with Crippen molar-refractivity contribution in [2.75, 3.05) is 6.86 Å². The Labute approximate surface area is 53.5 Å². The molecule has 0 spiro atoms. The molecular formula is C3H3ClF4O. The van der Waals surface area contributed by atoms with E-state index in [9.17, 15) is 17.6 Å². The molecule has 0 saturated carbocycles. The zero-order chi connectivity index (χ0) is 7.49. The van der Waals surface area contributed by atoms with Crippen molar-refractivity contribution in [3.8, 4) is 0 Å². The van der Waals surface area contributed by atoms with Gasteiger partial charge in [0.25, 0.3) is 6.36 Å². The fourth-order valence-corrected chi connectivity index (χ4v) is 0.213. The van der Waals surface area contributed by atoms with E-state index in [4.69, 9.17) is 0 Å². The van der Waals surface area contributed by atoms with Crippen LogP contribution in [0.25, 0.3) is 0 Å². The molecule has 0 saturated heterocycles. The molecule has 0 N–H and O–H groups in total. The fourth-order valence-electron chi connectivity index (χ4n) is 0.150. The molecule has 1 nitrogen and oxygen atoms in total. The molecule has 0 aromatic carbocycles. The van der Waals surface area contributed by atoms with Crippen molar-refractivity contribution in [2.45, 2.75) is 11.7 Å². The van der Waals surface area contributed by atoms with E-state index in [2.05, 4.69) is 16.3 Å². The molecule has 0 aliphatic heterocycles. The Morgan fingerprint density at radius 3 is 2.11 bits per heavy atom. The van der Waals surface area contributed by atoms with E-state index in [-0.39, 0.29) is 0 Å². The maximum Gasteiger partial charge on any atom is 0.376 e. The highest BCUT2D eigenvalue weighted by Crippen LogP contribution is 2.26. The molecule has 0 aromatic heterocycles. The standard InChI is InChI=1S/C3H3ClF4O/c4-3(7,8)2(6)9-1-5/h2H,1H2. The molecule has 1 atom stereocenters. The van der Waals surface area contributed by atoms with Crippen LogP contribution in [-0.2, 0) is 4.74 Å². The molecule has 0 bridgehead atoms. The predicted octanol–water partition coefficient (Wildman–Crippen LogP) is 2.06. The molecule has 0 radical (unpaired) electrons. The summed E-state index contributed by atoms with van der Waals surface area (Å²) in [6.45, 7) is -1.62. The topological polar surface area (TPSA) is 9.23 Å². The summed E-state index contributed by atoms with van der Waals surface area (Å²) >= 11 is 4.06. The van der Waals surface area contributed by atoms with Gasteiger partial charge >= 0.3 is 5.38 Å². The summed E-state index contributed by atoms with van der Waals surface area (Å²) in [5, 5.41) is -4.15. The number of rotatable bonds is 3. The summed E-state index contributed by atoms with van der Waals surface area (Å²) in [6.07, 6.45) is -3.08. The van der Waals surface area contributed by atoms with Gasteiger partial charge in [0.05, 0.1) is 0 Å². The van der Waals surface area contributed by atoms with Gasteiger partial charge in [-0.3, -0.25) is 0 Å². The number of alkyl halides is 5. The Balaban J connectivity index is 3.59. The van der Waals surface area contributed by atoms with Crippen molar-refractivity contribution < 1.29 is 22.3 Å². The second-order valence-corrected chi connectivity index (χ2v) is 1.64. The van der Waals surface area contributed by atoms with Crippen LogP contribution in [0.15, 0.2) is 0 Å². The van der Waals surface area contributed by atoms with Gasteiger partial charge in [0.1, 0.15) is 0 Å². The largest absolute Gasteiger partial charge is 0.376 e. The minimum absolute atomic E-state index is 1.62. The van der Waals surface area contributed by atoms with E-state index >= 15 is 0 Å². The maximum atomic E-state index is 11.6. The van der Waals surface area contributed by atoms with Gasteiger partial charge in [0.2, 0.25) is 0 Å². The van der Waals surface area contributed by atoms with Crippen LogP contribution in [0.5, 0.6) is 0 Å². The molecule has 0 heterocycles. The first-order valence-electron chi connectivity index (χ1n) is 1.87. The molecule has 0 aliphatic carbocycles. The molecule has 0 aromatic rings. The van der Waals surface area contributed by atoms with Crippen LogP contribution in [0, 0.1) is 0 Å². The minimum atomic E-state index is -4.15. The van der Waals surface area contributed by atoms with Crippen LogP contribution in [0.2, 0.25) is 0 Å². The SMILES string of the molecule is FCOC(F)C(F)(F)Cl. The highest BCUT2D eigenvalue weighted by Gasteiger charge is 2.38. The second-order valence-electron chi connectivity index (χ2n) is 1.13. The molecule has 0 rings (SSSR count). The third-order valence-corrected chi connectivity index (χ3v) is 0.638. The highest BCUT2D eigenvalue weighted by atomic mass is 35.5. The van der Waals surface area contributed by atoms with E-state index in [0.717, 1.165) is 0 Å². The smallest absolute Gasteiger partial charge is 0.310 e. The van der Waals surface area contributed by atoms with Crippen LogP contribution in [0.1, 0.15) is 0 Å². The first-order valence-corrected chi connectivity index (χ1v) is 2.24. The zero-order valence-electron chi connectivity index (χ0n) is 4.08. The second kappa shape index (κ2) is 3.22. The van der Waals surface area contributed by atoms with Gasteiger partial charge in [0, 0.05) is 0 Å². The van der Waals surface area contributed by atoms with Crippen LogP contribution < -0.4 is 0 Å². The Bertz CT molecular complexity index is 82.4. The maximum absolute atomic E-state index is 11.6. The molecule has 9 heavy (non-hydrogen) atoms. The minimum Gasteiger partial charge on any atom is -0.310 e. The molecule has 0 fully saturated rings. The average Bonchev–Trinajstić information content (AvgIpc) is 1.64. The lowest BCUT2D eigenvalue weighted by molar-refractivity contribution is -0.170. The van der Waals surface area contributed by atoms with Crippen LogP contribution >= 0.6 is 11.6 Å². The Hall–Kier alpha value is -0.0300. The predicted molar refractivity (Wildman–Crippen MR) is 22.8 cm³/mol. The average molecular weight is 167 g/mol. The lowest BCUT2D eigenvalue weighted by Crippen LogP contribution is -2.25. The number of hydrogen-bond acceptors (Lipinski definition) is 1. The quantitative estimate of drug-likeness (QED) is 0.461. The van der Waals surface area contributed by atoms with Gasteiger partial charge in [-0.15, -0.1) is 0 Å². The zero-order valence-corrected chi connectivity index (χ0v) is 4.84. The Morgan fingerprint density at radius 2 is 2.00 bits per heavy atom. The highest BCUT2D eigenvalue weighted by molar-refractivity contribution is 6.22. The van der Waals surface area contributed by atoms with Gasteiger partial charge in [-0.2, -0.15) is 8.78 Å². The number of ether oxygens (including phenoxy) is 1. The summed E-state index contributed by atoms with van der Waals surface area (Å²) in [5.74, 6) is 0. The summed E-state index contributed by atoms with van der Waals surface area (Å²) in [4.78, 5) is 0. The number of hydrogen-bond donors (Lipinski definition) is 0. The summed E-state index contributed by atoms with van der Waals surface area (Å²) in [5.41, 5.74) is 0. The first-order chi connectivity index (χ1) is 3.98. The van der Waals surface area contributed by atoms with Crippen molar-refractivity contribution in [1.29, 1.82) is 0 Å². The first kappa shape index (κ1) is 8.97. The van der Waals surface area contributed by atoms with Crippen LogP contribution in [0.4, 0.5) is 17.6 Å². The van der Waals surface area contributed by atoms with Crippen molar-refractivity contribution in [1.82, 2.24) is 0 Å². The normalized spacial score (nSPS) is 15.7. The van der Waals surface area contributed by atoms with Crippen molar-refractivity contribution in [3.63, 3.8) is 0 Å². The third kappa shape index (κ3) is 3.53. The van der Waals surface area contributed by atoms with E-state index in [0.29, 0.717) is 0 Å². The lowest BCUT2D eigenvalue weighted by atomic mass is 10.7. The van der Waals surface area contributed by atoms with Crippen molar-refractivity contribution >= 4 is 11.6 Å². The van der Waals surface area contributed by atoms with Crippen molar-refractivity contribution in [2.24, 2.45) is 0 Å². The van der Waals surface area contributed by atoms with Crippen LogP contribution in [0.3, 0.4) is 0 Å². The lowest BCUT2D eigenvalue weighted by Gasteiger charge is -2.10. The van der Waals surface area contributed by atoms with Crippen molar-refractivity contribution in [3.05, 3.63) is 0 Å². The van der Waals surface area contributed by atoms with Gasteiger partial charge in [0.15, 0.2) is 6.86 Å². The van der Waals surface area contributed by atoms with E-state index in [1.54, 1.807) is 0 Å². The Morgan fingerprint density at radius 1 is 1.56 bits per heavy atom. The molecule has 1 unspecified atom stereocenters. The number of halogens is 5.